The van der Waals surface area contributed by atoms with Crippen LogP contribution in [0.25, 0.3) is 0 Å². The summed E-state index contributed by atoms with van der Waals surface area (Å²) in [7, 11) is 0. The van der Waals surface area contributed by atoms with Crippen LogP contribution in [-0.2, 0) is 0 Å². The Morgan fingerprint density at radius 3 is 2.00 bits per heavy atom. The Kier molecular flexibility index (Phi) is 8.00. The van der Waals surface area contributed by atoms with Crippen molar-refractivity contribution in [1.29, 1.82) is 5.26 Å². The largest absolute Gasteiger partial charge is 0.192 e. The van der Waals surface area contributed by atoms with E-state index < -0.39 is 0 Å². The minimum atomic E-state index is 0.695. The lowest BCUT2D eigenvalue weighted by Crippen LogP contribution is -2.14. The molecular formula is C26H37N. The van der Waals surface area contributed by atoms with Crippen LogP contribution in [0.4, 0.5) is 0 Å². The molecule has 0 spiro atoms. The number of allylic oxidation sites excluding steroid dienone is 2. The predicted molar refractivity (Wildman–Crippen MR) is 115 cm³/mol. The predicted octanol–water partition coefficient (Wildman–Crippen LogP) is 7.77. The first-order chi connectivity index (χ1) is 13.3. The van der Waals surface area contributed by atoms with E-state index in [1.54, 1.807) is 0 Å². The highest BCUT2D eigenvalue weighted by Gasteiger charge is 2.22. The molecule has 0 amide bonds. The van der Waals surface area contributed by atoms with Crippen molar-refractivity contribution in [2.45, 2.75) is 89.9 Å². The lowest BCUT2D eigenvalue weighted by molar-refractivity contribution is 0.288. The zero-order valence-corrected chi connectivity index (χ0v) is 17.2. The summed E-state index contributed by atoms with van der Waals surface area (Å²) >= 11 is 0. The average Bonchev–Trinajstić information content (AvgIpc) is 2.74. The Labute approximate surface area is 166 Å². The number of benzene rings is 1. The van der Waals surface area contributed by atoms with Crippen LogP contribution in [0.3, 0.4) is 0 Å². The van der Waals surface area contributed by atoms with Crippen LogP contribution in [-0.4, -0.2) is 0 Å². The van der Waals surface area contributed by atoms with Crippen molar-refractivity contribution in [1.82, 2.24) is 0 Å². The smallest absolute Gasteiger partial charge is 0.0991 e. The van der Waals surface area contributed by atoms with Crippen molar-refractivity contribution in [3.05, 3.63) is 47.5 Å². The van der Waals surface area contributed by atoms with Gasteiger partial charge in [0.1, 0.15) is 0 Å². The molecule has 146 valence electrons. The van der Waals surface area contributed by atoms with Crippen LogP contribution in [0.1, 0.15) is 101 Å². The Hall–Kier alpha value is -1.55. The molecule has 2 fully saturated rings. The number of rotatable bonds is 7. The molecule has 0 N–H and O–H groups in total. The second-order valence-corrected chi connectivity index (χ2v) is 9.01. The summed E-state index contributed by atoms with van der Waals surface area (Å²) in [6.07, 6.45) is 21.9. The van der Waals surface area contributed by atoms with Gasteiger partial charge < -0.3 is 0 Å². The van der Waals surface area contributed by atoms with Crippen LogP contribution in [0.15, 0.2) is 36.4 Å². The molecule has 27 heavy (non-hydrogen) atoms. The van der Waals surface area contributed by atoms with E-state index >= 15 is 0 Å². The SMILES string of the molecule is CCCCC[C@H]1CC[C@H](/C=C/[C@H]2CC[C@H](c3ccc(C#N)cc3)CC2)CC1. The van der Waals surface area contributed by atoms with Crippen LogP contribution in [0.2, 0.25) is 0 Å². The lowest BCUT2D eigenvalue weighted by Gasteiger charge is -2.29. The summed E-state index contributed by atoms with van der Waals surface area (Å²) in [5, 5.41) is 8.95. The highest BCUT2D eigenvalue weighted by atomic mass is 14.3. The van der Waals surface area contributed by atoms with Gasteiger partial charge in [-0.2, -0.15) is 5.26 Å². The Balaban J connectivity index is 1.37. The van der Waals surface area contributed by atoms with E-state index in [-0.39, 0.29) is 0 Å². The zero-order valence-electron chi connectivity index (χ0n) is 17.2. The van der Waals surface area contributed by atoms with Crippen molar-refractivity contribution < 1.29 is 0 Å². The number of nitrogens with zero attached hydrogens (tertiary/aromatic N) is 1. The number of nitriles is 1. The van der Waals surface area contributed by atoms with Crippen LogP contribution in [0.5, 0.6) is 0 Å². The summed E-state index contributed by atoms with van der Waals surface area (Å²) < 4.78 is 0. The normalized spacial score (nSPS) is 28.9. The Morgan fingerprint density at radius 1 is 0.852 bits per heavy atom. The fourth-order valence-corrected chi connectivity index (χ4v) is 5.14. The molecule has 0 radical (unpaired) electrons. The molecule has 2 aliphatic rings. The first-order valence-corrected chi connectivity index (χ1v) is 11.5. The molecule has 0 saturated heterocycles. The van der Waals surface area contributed by atoms with Gasteiger partial charge in [0.25, 0.3) is 0 Å². The minimum absolute atomic E-state index is 0.695. The molecule has 2 saturated carbocycles. The molecule has 2 aliphatic carbocycles. The van der Waals surface area contributed by atoms with E-state index in [0.29, 0.717) is 5.92 Å². The standard InChI is InChI=1S/C26H37N/c1-2-3-4-5-21-6-8-22(9-7-21)10-11-23-12-16-25(17-13-23)26-18-14-24(20-27)15-19-26/h10-11,14-15,18-19,21-23,25H,2-9,12-13,16-17H2,1H3/b11-10+/t21-,22-,23-,25-. The van der Waals surface area contributed by atoms with E-state index in [1.165, 1.54) is 82.6 Å². The highest BCUT2D eigenvalue weighted by molar-refractivity contribution is 5.33. The maximum absolute atomic E-state index is 8.95. The maximum Gasteiger partial charge on any atom is 0.0991 e. The van der Waals surface area contributed by atoms with Gasteiger partial charge in [-0.3, -0.25) is 0 Å². The van der Waals surface area contributed by atoms with Gasteiger partial charge in [-0.25, -0.2) is 0 Å². The molecule has 0 unspecified atom stereocenters. The van der Waals surface area contributed by atoms with Crippen LogP contribution >= 0.6 is 0 Å². The summed E-state index contributed by atoms with van der Waals surface area (Å²) in [4.78, 5) is 0. The third-order valence-electron chi connectivity index (χ3n) is 7.05. The highest BCUT2D eigenvalue weighted by Crippen LogP contribution is 2.37. The molecule has 0 aromatic heterocycles. The van der Waals surface area contributed by atoms with Gasteiger partial charge in [-0.15, -0.1) is 0 Å². The zero-order chi connectivity index (χ0) is 18.9. The van der Waals surface area contributed by atoms with Crippen molar-refractivity contribution in [2.24, 2.45) is 17.8 Å². The molecular weight excluding hydrogens is 326 g/mol. The molecule has 1 aromatic carbocycles. The van der Waals surface area contributed by atoms with Crippen molar-refractivity contribution in [3.8, 4) is 6.07 Å². The van der Waals surface area contributed by atoms with Gasteiger partial charge in [-0.1, -0.05) is 56.9 Å². The summed E-state index contributed by atoms with van der Waals surface area (Å²) in [5.74, 6) is 3.36. The minimum Gasteiger partial charge on any atom is -0.192 e. The van der Waals surface area contributed by atoms with E-state index in [0.717, 1.165) is 23.3 Å². The first kappa shape index (κ1) is 20.2. The second kappa shape index (κ2) is 10.7. The van der Waals surface area contributed by atoms with Gasteiger partial charge in [0, 0.05) is 0 Å². The monoisotopic (exact) mass is 363 g/mol. The van der Waals surface area contributed by atoms with Gasteiger partial charge in [-0.05, 0) is 92.7 Å². The van der Waals surface area contributed by atoms with Gasteiger partial charge >= 0.3 is 0 Å². The molecule has 1 nitrogen and oxygen atoms in total. The van der Waals surface area contributed by atoms with Crippen LogP contribution in [0, 0.1) is 29.1 Å². The quantitative estimate of drug-likeness (QED) is 0.358. The molecule has 0 aliphatic heterocycles. The molecule has 0 heterocycles. The lowest BCUT2D eigenvalue weighted by atomic mass is 9.76. The van der Waals surface area contributed by atoms with Gasteiger partial charge in [0.15, 0.2) is 0 Å². The van der Waals surface area contributed by atoms with Crippen molar-refractivity contribution in [3.63, 3.8) is 0 Å². The molecule has 1 heteroatoms. The fraction of sp³-hybridized carbons (Fsp3) is 0.654. The molecule has 1 aromatic rings. The van der Waals surface area contributed by atoms with Gasteiger partial charge in [0.05, 0.1) is 11.6 Å². The molecule has 0 atom stereocenters. The molecule has 3 rings (SSSR count). The van der Waals surface area contributed by atoms with Crippen molar-refractivity contribution >= 4 is 0 Å². The fourth-order valence-electron chi connectivity index (χ4n) is 5.14. The van der Waals surface area contributed by atoms with E-state index in [9.17, 15) is 0 Å². The average molecular weight is 364 g/mol. The van der Waals surface area contributed by atoms with Crippen molar-refractivity contribution in [2.75, 3.05) is 0 Å². The maximum atomic E-state index is 8.95. The van der Waals surface area contributed by atoms with E-state index in [4.69, 9.17) is 5.26 Å². The number of hydrogen-bond donors (Lipinski definition) is 0. The Morgan fingerprint density at radius 2 is 1.44 bits per heavy atom. The number of unbranched alkanes of at least 4 members (excludes halogenated alkanes) is 2. The van der Waals surface area contributed by atoms with E-state index in [2.05, 4.69) is 37.3 Å². The second-order valence-electron chi connectivity index (χ2n) is 9.01. The topological polar surface area (TPSA) is 23.8 Å². The van der Waals surface area contributed by atoms with Gasteiger partial charge in [0.2, 0.25) is 0 Å². The Bertz CT molecular complexity index is 605. The van der Waals surface area contributed by atoms with Crippen LogP contribution < -0.4 is 0 Å². The molecule has 0 bridgehead atoms. The number of hydrogen-bond acceptors (Lipinski definition) is 1. The third kappa shape index (κ3) is 6.24. The van der Waals surface area contributed by atoms with E-state index in [1.807, 2.05) is 12.1 Å². The third-order valence-corrected chi connectivity index (χ3v) is 7.05. The summed E-state index contributed by atoms with van der Waals surface area (Å²) in [6, 6.07) is 10.5. The summed E-state index contributed by atoms with van der Waals surface area (Å²) in [6.45, 7) is 2.31. The summed E-state index contributed by atoms with van der Waals surface area (Å²) in [5.41, 5.74) is 2.20. The first-order valence-electron chi connectivity index (χ1n) is 11.5.